The minimum absolute atomic E-state index is 0.0499. The normalized spacial score (nSPS) is 24.8. The first-order valence-electron chi connectivity index (χ1n) is 6.35. The van der Waals surface area contributed by atoms with Crippen LogP contribution < -0.4 is 0 Å². The summed E-state index contributed by atoms with van der Waals surface area (Å²) in [5, 5.41) is 0.0499. The molecule has 0 aromatic heterocycles. The molecule has 1 atom stereocenters. The summed E-state index contributed by atoms with van der Waals surface area (Å²) in [6.45, 7) is 11.7. The van der Waals surface area contributed by atoms with Crippen LogP contribution in [0.2, 0.25) is 19.6 Å². The number of rotatable bonds is 4. The predicted molar refractivity (Wildman–Crippen MR) is 73.9 cm³/mol. The standard InChI is InChI=1S/C13H25NO2Si/c1-6-7-9-13(17(3,4)5)10-8-11-14(13)12(15)16-2/h6H,1,7-11H2,2-5H3. The van der Waals surface area contributed by atoms with Gasteiger partial charge in [0.25, 0.3) is 0 Å². The Morgan fingerprint density at radius 3 is 2.65 bits per heavy atom. The van der Waals surface area contributed by atoms with Gasteiger partial charge in [0.2, 0.25) is 0 Å². The lowest BCUT2D eigenvalue weighted by atomic mass is 10.1. The van der Waals surface area contributed by atoms with Crippen LogP contribution in [0, 0.1) is 0 Å². The van der Waals surface area contributed by atoms with Gasteiger partial charge < -0.3 is 9.64 Å². The van der Waals surface area contributed by atoms with Gasteiger partial charge in [0.1, 0.15) is 0 Å². The highest BCUT2D eigenvalue weighted by Gasteiger charge is 2.52. The summed E-state index contributed by atoms with van der Waals surface area (Å²) in [5.41, 5.74) is 0. The van der Waals surface area contributed by atoms with Crippen molar-refractivity contribution in [2.24, 2.45) is 0 Å². The second-order valence-corrected chi connectivity index (χ2v) is 11.3. The fraction of sp³-hybridized carbons (Fsp3) is 0.769. The zero-order valence-corrected chi connectivity index (χ0v) is 12.6. The fourth-order valence-corrected chi connectivity index (χ4v) is 5.84. The topological polar surface area (TPSA) is 29.5 Å². The number of amides is 1. The molecule has 0 radical (unpaired) electrons. The van der Waals surface area contributed by atoms with E-state index in [1.54, 1.807) is 0 Å². The van der Waals surface area contributed by atoms with E-state index >= 15 is 0 Å². The monoisotopic (exact) mass is 255 g/mol. The van der Waals surface area contributed by atoms with Crippen LogP contribution in [0.1, 0.15) is 25.7 Å². The molecule has 0 aromatic rings. The molecule has 0 N–H and O–H groups in total. The lowest BCUT2D eigenvalue weighted by Crippen LogP contribution is -2.62. The Balaban J connectivity index is 3.03. The lowest BCUT2D eigenvalue weighted by molar-refractivity contribution is 0.105. The first-order chi connectivity index (χ1) is 7.89. The van der Waals surface area contributed by atoms with E-state index in [1.807, 2.05) is 11.0 Å². The molecule has 0 aliphatic carbocycles. The number of allylic oxidation sites excluding steroid dienone is 1. The highest BCUT2D eigenvalue weighted by Crippen LogP contribution is 2.41. The first-order valence-corrected chi connectivity index (χ1v) is 9.85. The van der Waals surface area contributed by atoms with E-state index in [1.165, 1.54) is 7.11 Å². The SMILES string of the molecule is C=CCCC1([Si](C)(C)C)CCCN1C(=O)OC. The van der Waals surface area contributed by atoms with Crippen LogP contribution in [-0.4, -0.2) is 37.9 Å². The Morgan fingerprint density at radius 1 is 1.53 bits per heavy atom. The van der Waals surface area contributed by atoms with Crippen molar-refractivity contribution >= 4 is 14.2 Å². The molecule has 0 bridgehead atoms. The Hall–Kier alpha value is -0.773. The molecule has 0 aromatic carbocycles. The molecular weight excluding hydrogens is 230 g/mol. The lowest BCUT2D eigenvalue weighted by Gasteiger charge is -2.46. The van der Waals surface area contributed by atoms with E-state index in [4.69, 9.17) is 4.74 Å². The van der Waals surface area contributed by atoms with E-state index in [-0.39, 0.29) is 11.3 Å². The van der Waals surface area contributed by atoms with Crippen molar-refractivity contribution in [3.8, 4) is 0 Å². The van der Waals surface area contributed by atoms with Gasteiger partial charge in [-0.15, -0.1) is 6.58 Å². The number of hydrogen-bond acceptors (Lipinski definition) is 2. The minimum atomic E-state index is -1.48. The number of hydrogen-bond donors (Lipinski definition) is 0. The molecule has 1 rings (SSSR count). The molecule has 0 spiro atoms. The van der Waals surface area contributed by atoms with Crippen molar-refractivity contribution in [3.05, 3.63) is 12.7 Å². The highest BCUT2D eigenvalue weighted by atomic mass is 28.3. The van der Waals surface area contributed by atoms with Gasteiger partial charge in [-0.1, -0.05) is 25.7 Å². The number of ether oxygens (including phenoxy) is 1. The maximum absolute atomic E-state index is 11.9. The van der Waals surface area contributed by atoms with Crippen molar-refractivity contribution in [2.45, 2.75) is 50.5 Å². The Labute approximate surface area is 106 Å². The molecule has 17 heavy (non-hydrogen) atoms. The van der Waals surface area contributed by atoms with Crippen LogP contribution in [0.15, 0.2) is 12.7 Å². The van der Waals surface area contributed by atoms with Crippen LogP contribution in [0.25, 0.3) is 0 Å². The van der Waals surface area contributed by atoms with Gasteiger partial charge in [-0.3, -0.25) is 0 Å². The average molecular weight is 255 g/mol. The summed E-state index contributed by atoms with van der Waals surface area (Å²) in [6, 6.07) is 0. The highest BCUT2D eigenvalue weighted by molar-refractivity contribution is 6.79. The summed E-state index contributed by atoms with van der Waals surface area (Å²) < 4.78 is 4.95. The summed E-state index contributed by atoms with van der Waals surface area (Å²) in [5.74, 6) is 0. The van der Waals surface area contributed by atoms with Crippen molar-refractivity contribution in [1.29, 1.82) is 0 Å². The molecular formula is C13H25NO2Si. The fourth-order valence-electron chi connectivity index (χ4n) is 3.01. The number of nitrogens with zero attached hydrogens (tertiary/aromatic N) is 1. The predicted octanol–water partition coefficient (Wildman–Crippen LogP) is 3.43. The van der Waals surface area contributed by atoms with Crippen molar-refractivity contribution in [2.75, 3.05) is 13.7 Å². The van der Waals surface area contributed by atoms with Gasteiger partial charge in [-0.2, -0.15) is 0 Å². The molecule has 1 heterocycles. The Kier molecular flexibility index (Phi) is 4.41. The van der Waals surface area contributed by atoms with E-state index in [0.29, 0.717) is 0 Å². The molecule has 1 aliphatic heterocycles. The van der Waals surface area contributed by atoms with Crippen LogP contribution in [0.4, 0.5) is 4.79 Å². The van der Waals surface area contributed by atoms with Crippen LogP contribution in [0.3, 0.4) is 0 Å². The zero-order valence-electron chi connectivity index (χ0n) is 11.6. The van der Waals surface area contributed by atoms with Gasteiger partial charge in [0, 0.05) is 11.7 Å². The molecule has 1 fully saturated rings. The van der Waals surface area contributed by atoms with Crippen molar-refractivity contribution in [1.82, 2.24) is 4.90 Å². The third-order valence-corrected chi connectivity index (χ3v) is 7.60. The van der Waals surface area contributed by atoms with Gasteiger partial charge in [-0.05, 0) is 25.7 Å². The molecule has 4 heteroatoms. The van der Waals surface area contributed by atoms with Crippen LogP contribution in [0.5, 0.6) is 0 Å². The van der Waals surface area contributed by atoms with Crippen molar-refractivity contribution < 1.29 is 9.53 Å². The average Bonchev–Trinajstić information content (AvgIpc) is 2.69. The smallest absolute Gasteiger partial charge is 0.409 e. The zero-order chi connectivity index (χ0) is 13.1. The molecule has 1 unspecified atom stereocenters. The maximum atomic E-state index is 11.9. The minimum Gasteiger partial charge on any atom is -0.453 e. The maximum Gasteiger partial charge on any atom is 0.409 e. The van der Waals surface area contributed by atoms with E-state index in [9.17, 15) is 4.79 Å². The molecule has 1 saturated heterocycles. The summed E-state index contributed by atoms with van der Waals surface area (Å²) >= 11 is 0. The van der Waals surface area contributed by atoms with Gasteiger partial charge >= 0.3 is 6.09 Å². The third-order valence-electron chi connectivity index (χ3n) is 4.04. The molecule has 0 saturated carbocycles. The number of carbonyl (C=O) groups excluding carboxylic acids is 1. The van der Waals surface area contributed by atoms with Gasteiger partial charge in [-0.25, -0.2) is 4.79 Å². The van der Waals surface area contributed by atoms with Gasteiger partial charge in [0.05, 0.1) is 15.2 Å². The summed E-state index contributed by atoms with van der Waals surface area (Å²) in [7, 11) is -0.00114. The van der Waals surface area contributed by atoms with E-state index in [2.05, 4.69) is 26.2 Å². The van der Waals surface area contributed by atoms with E-state index < -0.39 is 8.07 Å². The molecule has 1 aliphatic rings. The molecule has 3 nitrogen and oxygen atoms in total. The number of methoxy groups -OCH3 is 1. The second-order valence-electron chi connectivity index (χ2n) is 5.83. The number of carbonyl (C=O) groups is 1. The third kappa shape index (κ3) is 2.57. The molecule has 1 amide bonds. The first kappa shape index (κ1) is 14.3. The summed E-state index contributed by atoms with van der Waals surface area (Å²) in [6.07, 6.45) is 6.01. The van der Waals surface area contributed by atoms with Crippen molar-refractivity contribution in [3.63, 3.8) is 0 Å². The van der Waals surface area contributed by atoms with E-state index in [0.717, 1.165) is 32.2 Å². The molecule has 98 valence electrons. The second kappa shape index (κ2) is 5.25. The summed E-state index contributed by atoms with van der Waals surface area (Å²) in [4.78, 5) is 13.9. The Morgan fingerprint density at radius 2 is 2.18 bits per heavy atom. The van der Waals surface area contributed by atoms with Gasteiger partial charge in [0.15, 0.2) is 0 Å². The van der Waals surface area contributed by atoms with Crippen LogP contribution >= 0.6 is 0 Å². The number of likely N-dealkylation sites (tertiary alicyclic amines) is 1. The Bertz CT molecular complexity index is 298. The quantitative estimate of drug-likeness (QED) is 0.569. The largest absolute Gasteiger partial charge is 0.453 e. The van der Waals surface area contributed by atoms with Crippen LogP contribution in [-0.2, 0) is 4.74 Å².